The molecule has 1 aliphatic rings. The van der Waals surface area contributed by atoms with Crippen LogP contribution >= 0.6 is 0 Å². The largest absolute Gasteiger partial charge is 0.493 e. The molecule has 0 spiro atoms. The van der Waals surface area contributed by atoms with Crippen molar-refractivity contribution < 1.29 is 9.53 Å². The number of carbonyl (C=O) groups is 1. The van der Waals surface area contributed by atoms with Gasteiger partial charge in [0.1, 0.15) is 5.75 Å². The summed E-state index contributed by atoms with van der Waals surface area (Å²) in [5.41, 5.74) is 1.22. The van der Waals surface area contributed by atoms with E-state index in [1.165, 1.54) is 5.56 Å². The van der Waals surface area contributed by atoms with Crippen LogP contribution in [0.4, 0.5) is 0 Å². The summed E-state index contributed by atoms with van der Waals surface area (Å²) in [6, 6.07) is 8.15. The van der Waals surface area contributed by atoms with Crippen molar-refractivity contribution in [2.24, 2.45) is 5.92 Å². The molecule has 2 rings (SSSR count). The monoisotopic (exact) mass is 289 g/mol. The average Bonchev–Trinajstić information content (AvgIpc) is 2.51. The van der Waals surface area contributed by atoms with Crippen molar-refractivity contribution >= 4 is 5.91 Å². The standard InChI is InChI=1S/C18H27NO2/c1-3-4-10-18(20)19-11-6-8-16(13-19)14-21-17-9-5-7-15(2)12-17/h5,7,9,12,16H,3-4,6,8,10-11,13-14H2,1-2H3. The van der Waals surface area contributed by atoms with Crippen LogP contribution in [0.1, 0.15) is 44.6 Å². The van der Waals surface area contributed by atoms with E-state index in [9.17, 15) is 4.79 Å². The Morgan fingerprint density at radius 1 is 1.43 bits per heavy atom. The van der Waals surface area contributed by atoms with Crippen LogP contribution in [0.25, 0.3) is 0 Å². The Hall–Kier alpha value is -1.51. The molecule has 0 N–H and O–H groups in total. The van der Waals surface area contributed by atoms with E-state index < -0.39 is 0 Å². The first-order valence-electron chi connectivity index (χ1n) is 8.16. The van der Waals surface area contributed by atoms with E-state index in [2.05, 4.69) is 26.0 Å². The second-order valence-electron chi connectivity index (χ2n) is 6.08. The van der Waals surface area contributed by atoms with Gasteiger partial charge in [0.25, 0.3) is 0 Å². The lowest BCUT2D eigenvalue weighted by Gasteiger charge is -2.32. The van der Waals surface area contributed by atoms with Crippen molar-refractivity contribution in [3.63, 3.8) is 0 Å². The molecule has 0 saturated carbocycles. The van der Waals surface area contributed by atoms with Gasteiger partial charge in [-0.25, -0.2) is 0 Å². The van der Waals surface area contributed by atoms with E-state index in [0.29, 0.717) is 24.9 Å². The number of carbonyl (C=O) groups excluding carboxylic acids is 1. The topological polar surface area (TPSA) is 29.5 Å². The number of amides is 1. The number of benzene rings is 1. The zero-order valence-corrected chi connectivity index (χ0v) is 13.3. The molecular weight excluding hydrogens is 262 g/mol. The van der Waals surface area contributed by atoms with Gasteiger partial charge < -0.3 is 9.64 Å². The van der Waals surface area contributed by atoms with Gasteiger partial charge >= 0.3 is 0 Å². The Kier molecular flexibility index (Phi) is 6.09. The number of likely N-dealkylation sites (tertiary alicyclic amines) is 1. The first-order chi connectivity index (χ1) is 10.2. The van der Waals surface area contributed by atoms with Gasteiger partial charge in [0.05, 0.1) is 6.61 Å². The van der Waals surface area contributed by atoms with E-state index >= 15 is 0 Å². The normalized spacial score (nSPS) is 18.6. The van der Waals surface area contributed by atoms with Crippen molar-refractivity contribution in [2.45, 2.75) is 46.0 Å². The molecule has 116 valence electrons. The molecule has 3 nitrogen and oxygen atoms in total. The maximum Gasteiger partial charge on any atom is 0.222 e. The minimum absolute atomic E-state index is 0.317. The highest BCUT2D eigenvalue weighted by atomic mass is 16.5. The number of hydrogen-bond acceptors (Lipinski definition) is 2. The number of rotatable bonds is 6. The molecule has 3 heteroatoms. The highest BCUT2D eigenvalue weighted by Crippen LogP contribution is 2.20. The zero-order valence-electron chi connectivity index (χ0n) is 13.3. The first-order valence-corrected chi connectivity index (χ1v) is 8.16. The summed E-state index contributed by atoms with van der Waals surface area (Å²) in [5.74, 6) is 1.71. The number of hydrogen-bond donors (Lipinski definition) is 0. The third kappa shape index (κ3) is 5.07. The van der Waals surface area contributed by atoms with E-state index in [1.54, 1.807) is 0 Å². The lowest BCUT2D eigenvalue weighted by molar-refractivity contribution is -0.133. The maximum absolute atomic E-state index is 12.1. The van der Waals surface area contributed by atoms with Crippen LogP contribution < -0.4 is 4.74 Å². The van der Waals surface area contributed by atoms with Gasteiger partial charge in [-0.15, -0.1) is 0 Å². The number of aryl methyl sites for hydroxylation is 1. The van der Waals surface area contributed by atoms with Crippen molar-refractivity contribution in [3.8, 4) is 5.75 Å². The summed E-state index contributed by atoms with van der Waals surface area (Å²) in [5, 5.41) is 0. The molecule has 0 radical (unpaired) electrons. The highest BCUT2D eigenvalue weighted by Gasteiger charge is 2.23. The summed E-state index contributed by atoms with van der Waals surface area (Å²) in [6.07, 6.45) is 5.03. The Bertz CT molecular complexity index is 458. The van der Waals surface area contributed by atoms with Crippen molar-refractivity contribution in [1.82, 2.24) is 4.90 Å². The average molecular weight is 289 g/mol. The predicted octanol–water partition coefficient (Wildman–Crippen LogP) is 3.80. The summed E-state index contributed by atoms with van der Waals surface area (Å²) < 4.78 is 5.90. The molecule has 1 fully saturated rings. The van der Waals surface area contributed by atoms with Gasteiger partial charge in [0, 0.05) is 25.4 Å². The van der Waals surface area contributed by atoms with Gasteiger partial charge in [-0.3, -0.25) is 4.79 Å². The number of ether oxygens (including phenoxy) is 1. The summed E-state index contributed by atoms with van der Waals surface area (Å²) >= 11 is 0. The van der Waals surface area contributed by atoms with Crippen LogP contribution in [0, 0.1) is 12.8 Å². The third-order valence-corrected chi connectivity index (χ3v) is 4.09. The Balaban J connectivity index is 1.80. The Labute approximate surface area is 128 Å². The molecule has 21 heavy (non-hydrogen) atoms. The fraction of sp³-hybridized carbons (Fsp3) is 0.611. The van der Waals surface area contributed by atoms with Gasteiger partial charge in [-0.1, -0.05) is 25.5 Å². The molecule has 1 unspecified atom stereocenters. The molecule has 0 aliphatic carbocycles. The quantitative estimate of drug-likeness (QED) is 0.797. The van der Waals surface area contributed by atoms with Crippen molar-refractivity contribution in [2.75, 3.05) is 19.7 Å². The van der Waals surface area contributed by atoms with Crippen molar-refractivity contribution in [1.29, 1.82) is 0 Å². The van der Waals surface area contributed by atoms with E-state index in [4.69, 9.17) is 4.74 Å². The van der Waals surface area contributed by atoms with Crippen LogP contribution in [0.5, 0.6) is 5.75 Å². The fourth-order valence-electron chi connectivity index (χ4n) is 2.83. The van der Waals surface area contributed by atoms with Gasteiger partial charge in [0.15, 0.2) is 0 Å². The maximum atomic E-state index is 12.1. The highest BCUT2D eigenvalue weighted by molar-refractivity contribution is 5.76. The van der Waals surface area contributed by atoms with Crippen LogP contribution in [-0.4, -0.2) is 30.5 Å². The first kappa shape index (κ1) is 15.9. The summed E-state index contributed by atoms with van der Waals surface area (Å²) in [7, 11) is 0. The third-order valence-electron chi connectivity index (χ3n) is 4.09. The molecule has 1 saturated heterocycles. The minimum Gasteiger partial charge on any atom is -0.493 e. The van der Waals surface area contributed by atoms with Gasteiger partial charge in [-0.2, -0.15) is 0 Å². The second-order valence-corrected chi connectivity index (χ2v) is 6.08. The van der Waals surface area contributed by atoms with E-state index in [0.717, 1.165) is 44.5 Å². The molecule has 1 aromatic carbocycles. The number of piperidine rings is 1. The molecule has 1 aliphatic heterocycles. The van der Waals surface area contributed by atoms with Crippen molar-refractivity contribution in [3.05, 3.63) is 29.8 Å². The van der Waals surface area contributed by atoms with E-state index in [1.807, 2.05) is 17.0 Å². The molecule has 1 aromatic rings. The lowest BCUT2D eigenvalue weighted by Crippen LogP contribution is -2.41. The zero-order chi connectivity index (χ0) is 15.1. The second kappa shape index (κ2) is 8.06. The number of nitrogens with zero attached hydrogens (tertiary/aromatic N) is 1. The van der Waals surface area contributed by atoms with Crippen LogP contribution in [-0.2, 0) is 4.79 Å². The molecule has 0 aromatic heterocycles. The Morgan fingerprint density at radius 2 is 2.29 bits per heavy atom. The molecule has 1 atom stereocenters. The summed E-state index contributed by atoms with van der Waals surface area (Å²) in [4.78, 5) is 14.1. The molecule has 1 amide bonds. The fourth-order valence-corrected chi connectivity index (χ4v) is 2.83. The molecule has 1 heterocycles. The summed E-state index contributed by atoms with van der Waals surface area (Å²) in [6.45, 7) is 6.68. The van der Waals surface area contributed by atoms with E-state index in [-0.39, 0.29) is 0 Å². The lowest BCUT2D eigenvalue weighted by atomic mass is 9.98. The predicted molar refractivity (Wildman–Crippen MR) is 85.5 cm³/mol. The number of unbranched alkanes of at least 4 members (excludes halogenated alkanes) is 1. The van der Waals surface area contributed by atoms with Crippen LogP contribution in [0.3, 0.4) is 0 Å². The van der Waals surface area contributed by atoms with Gasteiger partial charge in [0.2, 0.25) is 5.91 Å². The smallest absolute Gasteiger partial charge is 0.222 e. The Morgan fingerprint density at radius 3 is 3.05 bits per heavy atom. The molecular formula is C18H27NO2. The van der Waals surface area contributed by atoms with Crippen LogP contribution in [0.2, 0.25) is 0 Å². The minimum atomic E-state index is 0.317. The van der Waals surface area contributed by atoms with Crippen LogP contribution in [0.15, 0.2) is 24.3 Å². The molecule has 0 bridgehead atoms. The van der Waals surface area contributed by atoms with Gasteiger partial charge in [-0.05, 0) is 43.9 Å². The SMILES string of the molecule is CCCCC(=O)N1CCCC(COc2cccc(C)c2)C1.